The minimum atomic E-state index is -5.61. The third-order valence-electron chi connectivity index (χ3n) is 0. The Hall–Kier alpha value is 4.30. The molecular weight excluding hydrogens is 1280 g/mol. The fourth-order valence-corrected chi connectivity index (χ4v) is 0. The summed E-state index contributed by atoms with van der Waals surface area (Å²) in [6.45, 7) is 0. The van der Waals surface area contributed by atoms with E-state index in [0.717, 1.165) is 0 Å². The Balaban J connectivity index is -0.0000000183. The molecule has 0 spiro atoms. The van der Waals surface area contributed by atoms with E-state index >= 15 is 0 Å². The summed E-state index contributed by atoms with van der Waals surface area (Å²) in [6.07, 6.45) is 0. The van der Waals surface area contributed by atoms with Crippen molar-refractivity contribution < 1.29 is 76.7 Å². The second-order valence-corrected chi connectivity index (χ2v) is 6.00. The molecule has 0 N–H and O–H groups in total. The molecule has 0 saturated carbocycles. The van der Waals surface area contributed by atoms with Crippen LogP contribution in [0, 0.1) is 0 Å². The Morgan fingerprint density at radius 1 is 0.240 bits per heavy atom. The predicted octanol–water partition coefficient (Wildman–Crippen LogP) is -22.5. The topological polar surface area (TPSA) is 369 Å². The first-order chi connectivity index (χ1) is 8.00. The molecule has 8 radical (unpaired) electrons. The molecular formula is Bi4GeO16Si4. The first kappa shape index (κ1) is 56.9. The van der Waals surface area contributed by atoms with Crippen molar-refractivity contribution in [2.75, 3.05) is 0 Å². The zero-order valence-corrected chi connectivity index (χ0v) is 30.8. The average Bonchev–Trinajstić information content (AvgIpc) is 1.62. The van der Waals surface area contributed by atoms with Gasteiger partial charge in [-0.3, -0.25) is 0 Å². The zero-order valence-electron chi connectivity index (χ0n) is 10.8. The van der Waals surface area contributed by atoms with Crippen LogP contribution < -0.4 is 76.7 Å². The third-order valence-corrected chi connectivity index (χ3v) is 0. The van der Waals surface area contributed by atoms with Crippen molar-refractivity contribution >= 4 is 159 Å². The summed E-state index contributed by atoms with van der Waals surface area (Å²) in [6, 6.07) is 0. The van der Waals surface area contributed by atoms with E-state index in [-0.39, 0.29) is 122 Å². The Morgan fingerprint density at radius 3 is 0.240 bits per heavy atom. The fourth-order valence-electron chi connectivity index (χ4n) is 0. The van der Waals surface area contributed by atoms with Gasteiger partial charge in [0, 0.05) is 0 Å². The van der Waals surface area contributed by atoms with Gasteiger partial charge in [-0.25, -0.2) is 0 Å². The summed E-state index contributed by atoms with van der Waals surface area (Å²) in [4.78, 5) is 137. The molecule has 0 rings (SSSR count). The monoisotopic (exact) mass is 1280 g/mol. The van der Waals surface area contributed by atoms with E-state index in [0.29, 0.717) is 0 Å². The van der Waals surface area contributed by atoms with Crippen LogP contribution in [0.3, 0.4) is 0 Å². The molecule has 0 aromatic carbocycles. The maximum Gasteiger partial charge on any atom is 4.00 e. The van der Waals surface area contributed by atoms with Crippen LogP contribution in [0.15, 0.2) is 0 Å². The van der Waals surface area contributed by atoms with Gasteiger partial charge in [0.2, 0.25) is 0 Å². The van der Waals surface area contributed by atoms with Gasteiger partial charge in [-0.2, -0.15) is 0 Å². The minimum absolute atomic E-state index is 0. The van der Waals surface area contributed by atoms with Gasteiger partial charge in [0.15, 0.2) is 0 Å². The Bertz CT molecular complexity index is 146. The van der Waals surface area contributed by atoms with Crippen LogP contribution in [-0.2, 0) is 0 Å². The van der Waals surface area contributed by atoms with Crippen LogP contribution in [0.4, 0.5) is 0 Å². The second-order valence-electron chi connectivity index (χ2n) is 2.00. The normalized spacial score (nSPS) is 9.60. The Labute approximate surface area is 232 Å². The van der Waals surface area contributed by atoms with Crippen molar-refractivity contribution in [2.24, 2.45) is 0 Å². The van der Waals surface area contributed by atoms with Crippen LogP contribution >= 0.6 is 0 Å². The van der Waals surface area contributed by atoms with Gasteiger partial charge in [0.05, 0.1) is 0 Å². The zero-order chi connectivity index (χ0) is 18.0. The molecule has 25 heteroatoms. The number of hydrogen-bond donors (Lipinski definition) is 0. The molecule has 16 nitrogen and oxygen atoms in total. The minimum Gasteiger partial charge on any atom is -0.894 e. The van der Waals surface area contributed by atoms with Crippen LogP contribution in [0.5, 0.6) is 0 Å². The molecule has 0 amide bonds. The van der Waals surface area contributed by atoms with Gasteiger partial charge >= 0.3 is 122 Å². The Kier molecular flexibility index (Phi) is 60.0. The number of rotatable bonds is 0. The van der Waals surface area contributed by atoms with Crippen molar-refractivity contribution in [1.82, 2.24) is 0 Å². The van der Waals surface area contributed by atoms with Crippen molar-refractivity contribution in [3.63, 3.8) is 0 Å². The molecule has 136 valence electrons. The Morgan fingerprint density at radius 2 is 0.240 bits per heavy atom. The molecule has 0 unspecified atom stereocenters. The van der Waals surface area contributed by atoms with Crippen molar-refractivity contribution in [3.05, 3.63) is 0 Å². The molecule has 0 atom stereocenters. The maximum absolute atomic E-state index is 8.58. The van der Waals surface area contributed by atoms with Crippen LogP contribution in [-0.4, -0.2) is 159 Å². The van der Waals surface area contributed by atoms with Crippen LogP contribution in [0.2, 0.25) is 0 Å². The smallest absolute Gasteiger partial charge is 0.894 e. The summed E-state index contributed by atoms with van der Waals surface area (Å²) >= 11 is 0. The first-order valence-corrected chi connectivity index (χ1v) is 9.80. The van der Waals surface area contributed by atoms with E-state index < -0.39 is 36.2 Å². The van der Waals surface area contributed by atoms with Gasteiger partial charge < -0.3 is 113 Å². The van der Waals surface area contributed by atoms with Gasteiger partial charge in [-0.05, 0) is 0 Å². The molecule has 0 aliphatic heterocycles. The van der Waals surface area contributed by atoms with E-state index in [9.17, 15) is 0 Å². The van der Waals surface area contributed by atoms with Crippen LogP contribution in [0.1, 0.15) is 0 Å². The average molecular weight is 1280 g/mol. The van der Waals surface area contributed by atoms with E-state index in [1.807, 2.05) is 0 Å². The predicted molar refractivity (Wildman–Crippen MR) is 51.8 cm³/mol. The van der Waals surface area contributed by atoms with Crippen molar-refractivity contribution in [1.29, 1.82) is 0 Å². The molecule has 0 heterocycles. The van der Waals surface area contributed by atoms with Gasteiger partial charge in [-0.15, -0.1) is 0 Å². The quantitative estimate of drug-likeness (QED) is 0.203. The standard InChI is InChI=1S/4Bi.Ge.4O4Si/c;;;;;4*1-5(2,3)4/q4*+3;+4;4*-4. The summed E-state index contributed by atoms with van der Waals surface area (Å²) in [5.41, 5.74) is 0. The molecule has 0 fully saturated rings. The van der Waals surface area contributed by atoms with Gasteiger partial charge in [0.25, 0.3) is 0 Å². The first-order valence-electron chi connectivity index (χ1n) is 3.27. The second kappa shape index (κ2) is 26.3. The van der Waals surface area contributed by atoms with Gasteiger partial charge in [0.1, 0.15) is 0 Å². The molecule has 0 saturated heterocycles. The third kappa shape index (κ3) is 1060. The largest absolute Gasteiger partial charge is 4.00 e. The summed E-state index contributed by atoms with van der Waals surface area (Å²) in [5.74, 6) is 0. The molecule has 0 aliphatic carbocycles. The van der Waals surface area contributed by atoms with Gasteiger partial charge in [-0.1, -0.05) is 0 Å². The number of hydrogen-bond acceptors (Lipinski definition) is 16. The van der Waals surface area contributed by atoms with Crippen LogP contribution in [0.25, 0.3) is 0 Å². The van der Waals surface area contributed by atoms with E-state index in [1.165, 1.54) is 0 Å². The summed E-state index contributed by atoms with van der Waals surface area (Å²) in [7, 11) is -22.4. The molecule has 25 heavy (non-hydrogen) atoms. The van der Waals surface area contributed by atoms with E-state index in [2.05, 4.69) is 0 Å². The molecule has 0 aliphatic rings. The summed E-state index contributed by atoms with van der Waals surface area (Å²) < 4.78 is 0. The maximum atomic E-state index is 8.58. The molecule has 0 aromatic heterocycles. The summed E-state index contributed by atoms with van der Waals surface area (Å²) in [5, 5.41) is 0. The van der Waals surface area contributed by atoms with Crippen molar-refractivity contribution in [3.8, 4) is 0 Å². The fraction of sp³-hybridized carbons (Fsp3) is 0. The molecule has 0 bridgehead atoms. The SMILES string of the molecule is [Bi+3].[Bi+3].[Bi+3].[Bi+3].[Ge+4].[O-][Si]([O-])([O-])[O-].[O-][Si]([O-])([O-])[O-].[O-][Si]([O-])([O-])[O-].[O-][Si]([O-])([O-])[O-]. The molecule has 0 aromatic rings. The van der Waals surface area contributed by atoms with Crippen molar-refractivity contribution in [2.45, 2.75) is 0 Å². The van der Waals surface area contributed by atoms with E-state index in [4.69, 9.17) is 76.7 Å². The van der Waals surface area contributed by atoms with E-state index in [1.54, 1.807) is 0 Å².